The molecule has 0 spiro atoms. The smallest absolute Gasteiger partial charge is 0.243 e. The van der Waals surface area contributed by atoms with Crippen LogP contribution in [-0.2, 0) is 19.6 Å². The monoisotopic (exact) mass is 354 g/mol. The van der Waals surface area contributed by atoms with Gasteiger partial charge < -0.3 is 14.4 Å². The number of nitrogens with zero attached hydrogens (tertiary/aromatic N) is 2. The van der Waals surface area contributed by atoms with E-state index in [9.17, 15) is 13.2 Å². The van der Waals surface area contributed by atoms with Crippen LogP contribution in [0.4, 0.5) is 0 Å². The van der Waals surface area contributed by atoms with Gasteiger partial charge in [-0.3, -0.25) is 4.79 Å². The molecule has 0 aromatic heterocycles. The van der Waals surface area contributed by atoms with Crippen LogP contribution in [0.15, 0.2) is 29.2 Å². The van der Waals surface area contributed by atoms with Crippen molar-refractivity contribution in [1.29, 1.82) is 0 Å². The minimum absolute atomic E-state index is 0.00307. The molecule has 24 heavy (non-hydrogen) atoms. The van der Waals surface area contributed by atoms with Gasteiger partial charge in [-0.25, -0.2) is 8.42 Å². The maximum Gasteiger partial charge on any atom is 0.243 e. The van der Waals surface area contributed by atoms with Gasteiger partial charge in [-0.2, -0.15) is 4.31 Å². The van der Waals surface area contributed by atoms with E-state index in [4.69, 9.17) is 9.47 Å². The molecule has 7 nitrogen and oxygen atoms in total. The molecule has 2 aliphatic rings. The number of benzene rings is 1. The Morgan fingerprint density at radius 2 is 1.88 bits per heavy atom. The molecule has 2 aliphatic heterocycles. The van der Waals surface area contributed by atoms with Crippen LogP contribution in [-0.4, -0.2) is 69.5 Å². The van der Waals surface area contributed by atoms with Crippen LogP contribution < -0.4 is 4.74 Å². The molecule has 2 atom stereocenters. The summed E-state index contributed by atoms with van der Waals surface area (Å²) in [7, 11) is -0.492. The molecule has 132 valence electrons. The van der Waals surface area contributed by atoms with E-state index in [-0.39, 0.29) is 29.3 Å². The lowest BCUT2D eigenvalue weighted by Gasteiger charge is -2.25. The Balaban J connectivity index is 1.81. The Hall–Kier alpha value is -1.64. The third-order valence-corrected chi connectivity index (χ3v) is 6.70. The van der Waals surface area contributed by atoms with Gasteiger partial charge in [0.2, 0.25) is 15.9 Å². The average molecular weight is 354 g/mol. The van der Waals surface area contributed by atoms with Crippen molar-refractivity contribution in [2.45, 2.75) is 29.8 Å². The summed E-state index contributed by atoms with van der Waals surface area (Å²) in [4.78, 5) is 14.2. The van der Waals surface area contributed by atoms with Crippen LogP contribution in [0.25, 0.3) is 0 Å². The van der Waals surface area contributed by atoms with Crippen molar-refractivity contribution in [2.75, 3.05) is 33.9 Å². The lowest BCUT2D eigenvalue weighted by atomic mass is 10.1. The summed E-state index contributed by atoms with van der Waals surface area (Å²) in [6, 6.07) is 6.00. The number of methoxy groups -OCH3 is 2. The first-order valence-corrected chi connectivity index (χ1v) is 9.37. The van der Waals surface area contributed by atoms with E-state index in [1.807, 2.05) is 0 Å². The minimum atomic E-state index is -3.62. The van der Waals surface area contributed by atoms with Gasteiger partial charge >= 0.3 is 0 Å². The number of carbonyl (C=O) groups excluding carboxylic acids is 1. The molecule has 0 saturated carbocycles. The van der Waals surface area contributed by atoms with Gasteiger partial charge in [0.1, 0.15) is 5.75 Å². The molecule has 2 heterocycles. The lowest BCUT2D eigenvalue weighted by molar-refractivity contribution is -0.129. The van der Waals surface area contributed by atoms with E-state index < -0.39 is 10.0 Å². The molecule has 3 rings (SSSR count). The van der Waals surface area contributed by atoms with Crippen LogP contribution in [0.5, 0.6) is 5.75 Å². The van der Waals surface area contributed by atoms with E-state index in [0.717, 1.165) is 0 Å². The Morgan fingerprint density at radius 3 is 2.50 bits per heavy atom. The predicted octanol–water partition coefficient (Wildman–Crippen LogP) is 0.706. The summed E-state index contributed by atoms with van der Waals surface area (Å²) in [5.41, 5.74) is 0. The Labute approximate surface area is 142 Å². The molecule has 0 bridgehead atoms. The molecule has 1 aromatic rings. The Bertz CT molecular complexity index is 704. The van der Waals surface area contributed by atoms with Crippen LogP contribution in [0.1, 0.15) is 12.8 Å². The zero-order valence-corrected chi connectivity index (χ0v) is 14.7. The molecule has 2 saturated heterocycles. The molecule has 0 aliphatic carbocycles. The molecule has 0 radical (unpaired) electrons. The topological polar surface area (TPSA) is 76.2 Å². The predicted molar refractivity (Wildman–Crippen MR) is 87.3 cm³/mol. The first-order valence-electron chi connectivity index (χ1n) is 7.93. The van der Waals surface area contributed by atoms with E-state index in [1.165, 1.54) is 11.4 Å². The normalized spacial score (nSPS) is 24.4. The molecule has 1 amide bonds. The zero-order valence-electron chi connectivity index (χ0n) is 13.8. The molecule has 8 heteroatoms. The van der Waals surface area contributed by atoms with Gasteiger partial charge in [0.15, 0.2) is 0 Å². The largest absolute Gasteiger partial charge is 0.497 e. The van der Waals surface area contributed by atoms with E-state index in [2.05, 4.69) is 0 Å². The molecule has 0 unspecified atom stereocenters. The molecule has 1 aromatic carbocycles. The number of likely N-dealkylation sites (tertiary alicyclic amines) is 1. The summed E-state index contributed by atoms with van der Waals surface area (Å²) < 4.78 is 37.5. The average Bonchev–Trinajstić information content (AvgIpc) is 3.11. The summed E-state index contributed by atoms with van der Waals surface area (Å²) in [6.45, 7) is 1.40. The maximum atomic E-state index is 12.9. The van der Waals surface area contributed by atoms with Crippen LogP contribution in [0.2, 0.25) is 0 Å². The van der Waals surface area contributed by atoms with Crippen molar-refractivity contribution in [2.24, 2.45) is 0 Å². The third kappa shape index (κ3) is 2.89. The summed E-state index contributed by atoms with van der Waals surface area (Å²) in [6.07, 6.45) is 0.902. The van der Waals surface area contributed by atoms with Gasteiger partial charge in [0, 0.05) is 26.6 Å². The Morgan fingerprint density at radius 1 is 1.17 bits per heavy atom. The SMILES string of the molecule is COCCN1C(=O)C[C@@H]2[C@@H]1CCN2S(=O)(=O)c1ccc(OC)cc1. The van der Waals surface area contributed by atoms with Crippen molar-refractivity contribution in [3.05, 3.63) is 24.3 Å². The van der Waals surface area contributed by atoms with Crippen molar-refractivity contribution in [1.82, 2.24) is 9.21 Å². The third-order valence-electron chi connectivity index (χ3n) is 4.77. The maximum absolute atomic E-state index is 12.9. The van der Waals surface area contributed by atoms with E-state index in [0.29, 0.717) is 31.9 Å². The highest BCUT2D eigenvalue weighted by molar-refractivity contribution is 7.89. The van der Waals surface area contributed by atoms with E-state index >= 15 is 0 Å². The molecular formula is C16H22N2O5S. The summed E-state index contributed by atoms with van der Waals surface area (Å²) in [5.74, 6) is 0.603. The highest BCUT2D eigenvalue weighted by atomic mass is 32.2. The van der Waals surface area contributed by atoms with Crippen molar-refractivity contribution in [3.63, 3.8) is 0 Å². The Kier molecular flexibility index (Phi) is 4.80. The number of hydrogen-bond acceptors (Lipinski definition) is 5. The number of sulfonamides is 1. The number of carbonyl (C=O) groups is 1. The fourth-order valence-electron chi connectivity index (χ4n) is 3.55. The number of hydrogen-bond donors (Lipinski definition) is 0. The summed E-state index contributed by atoms with van der Waals surface area (Å²) >= 11 is 0. The second-order valence-corrected chi connectivity index (χ2v) is 7.89. The fourth-order valence-corrected chi connectivity index (χ4v) is 5.22. The number of amides is 1. The first kappa shape index (κ1) is 17.2. The van der Waals surface area contributed by atoms with E-state index in [1.54, 1.807) is 36.3 Å². The molecule has 2 fully saturated rings. The quantitative estimate of drug-likeness (QED) is 0.752. The van der Waals surface area contributed by atoms with Gasteiger partial charge in [-0.15, -0.1) is 0 Å². The second-order valence-electron chi connectivity index (χ2n) is 6.00. The van der Waals surface area contributed by atoms with Crippen molar-refractivity contribution in [3.8, 4) is 5.75 Å². The van der Waals surface area contributed by atoms with Crippen LogP contribution >= 0.6 is 0 Å². The molecule has 0 N–H and O–H groups in total. The van der Waals surface area contributed by atoms with Crippen molar-refractivity contribution < 1.29 is 22.7 Å². The first-order chi connectivity index (χ1) is 11.5. The highest BCUT2D eigenvalue weighted by Gasteiger charge is 2.50. The summed E-state index contributed by atoms with van der Waals surface area (Å²) in [5, 5.41) is 0. The van der Waals surface area contributed by atoms with Gasteiger partial charge in [-0.05, 0) is 30.7 Å². The van der Waals surface area contributed by atoms with Crippen LogP contribution in [0.3, 0.4) is 0 Å². The number of rotatable bonds is 6. The highest BCUT2D eigenvalue weighted by Crippen LogP contribution is 2.36. The molecular weight excluding hydrogens is 332 g/mol. The lowest BCUT2D eigenvalue weighted by Crippen LogP contribution is -2.40. The second kappa shape index (κ2) is 6.70. The minimum Gasteiger partial charge on any atom is -0.497 e. The van der Waals surface area contributed by atoms with Gasteiger partial charge in [0.25, 0.3) is 0 Å². The van der Waals surface area contributed by atoms with Gasteiger partial charge in [-0.1, -0.05) is 0 Å². The number of ether oxygens (including phenoxy) is 2. The van der Waals surface area contributed by atoms with Crippen molar-refractivity contribution >= 4 is 15.9 Å². The number of fused-ring (bicyclic) bond motifs is 1. The fraction of sp³-hybridized carbons (Fsp3) is 0.562. The zero-order chi connectivity index (χ0) is 17.3. The standard InChI is InChI=1S/C16H22N2O5S/c1-22-10-9-17-14-7-8-18(15(14)11-16(17)19)24(20,21)13-5-3-12(23-2)4-6-13/h3-6,14-15H,7-11H2,1-2H3/t14-,15+/m0/s1. The van der Waals surface area contributed by atoms with Gasteiger partial charge in [0.05, 0.1) is 30.7 Å². The van der Waals surface area contributed by atoms with Crippen LogP contribution in [0, 0.1) is 0 Å².